The number of carbonyl (C=O) groups excluding carboxylic acids is 6. The molecule has 2 aliphatic carbocycles. The van der Waals surface area contributed by atoms with Gasteiger partial charge >= 0.3 is 11.9 Å². The number of esters is 2. The zero-order valence-electron chi connectivity index (χ0n) is 27.3. The van der Waals surface area contributed by atoms with Crippen molar-refractivity contribution in [3.63, 3.8) is 0 Å². The highest BCUT2D eigenvalue weighted by Gasteiger charge is 2.59. The van der Waals surface area contributed by atoms with Crippen molar-refractivity contribution in [3.05, 3.63) is 24.3 Å². The van der Waals surface area contributed by atoms with Gasteiger partial charge in [0.15, 0.2) is 10.2 Å². The molecular formula is C33H48N4O8S2. The summed E-state index contributed by atoms with van der Waals surface area (Å²) in [6, 6.07) is 0. The van der Waals surface area contributed by atoms with Gasteiger partial charge in [0.05, 0.1) is 26.1 Å². The van der Waals surface area contributed by atoms with E-state index < -0.39 is 46.4 Å². The highest BCUT2D eigenvalue weighted by atomic mass is 32.1. The molecule has 0 radical (unpaired) electrons. The van der Waals surface area contributed by atoms with Crippen molar-refractivity contribution >= 4 is 70.2 Å². The lowest BCUT2D eigenvalue weighted by Crippen LogP contribution is -2.65. The highest BCUT2D eigenvalue weighted by molar-refractivity contribution is 7.80. The number of amides is 4. The van der Waals surface area contributed by atoms with Crippen LogP contribution < -0.4 is 10.6 Å². The Hall–Kier alpha value is -3.52. The van der Waals surface area contributed by atoms with Gasteiger partial charge in [-0.1, -0.05) is 59.4 Å². The predicted octanol–water partition coefficient (Wildman–Crippen LogP) is 3.44. The Bertz CT molecular complexity index is 1250. The molecule has 2 saturated heterocycles. The third-order valence-corrected chi connectivity index (χ3v) is 9.28. The third kappa shape index (κ3) is 8.50. The Morgan fingerprint density at radius 1 is 0.766 bits per heavy atom. The van der Waals surface area contributed by atoms with Gasteiger partial charge in [0.2, 0.25) is 23.6 Å². The average molecular weight is 693 g/mol. The minimum atomic E-state index is -1.47. The average Bonchev–Trinajstić information content (AvgIpc) is 3.73. The number of hydrogen-bond acceptors (Lipinski definition) is 10. The van der Waals surface area contributed by atoms with Gasteiger partial charge in [0.25, 0.3) is 0 Å². The van der Waals surface area contributed by atoms with Crippen molar-refractivity contribution in [1.82, 2.24) is 20.4 Å². The van der Waals surface area contributed by atoms with E-state index in [9.17, 15) is 28.8 Å². The molecule has 2 heterocycles. The van der Waals surface area contributed by atoms with Gasteiger partial charge in [-0.05, 0) is 62.0 Å². The summed E-state index contributed by atoms with van der Waals surface area (Å²) < 4.78 is 10.4. The largest absolute Gasteiger partial charge is 0.465 e. The fourth-order valence-electron chi connectivity index (χ4n) is 5.95. The van der Waals surface area contributed by atoms with E-state index >= 15 is 0 Å². The van der Waals surface area contributed by atoms with Gasteiger partial charge in [-0.15, -0.1) is 0 Å². The highest BCUT2D eigenvalue weighted by Crippen LogP contribution is 2.44. The SMILES string of the molecule is C.CC(C)COC(=O)CC1(C2C=CCC2)C(=O)NC(=S)N(C)C1=O.CC(C)COC(=O)CC1(C2C=CCC2)C(=O)NC(=S)N(C)C1=O. The second-order valence-electron chi connectivity index (χ2n) is 12.9. The Morgan fingerprint density at radius 3 is 1.38 bits per heavy atom. The summed E-state index contributed by atoms with van der Waals surface area (Å²) in [7, 11) is 3.02. The number of rotatable bonds is 10. The van der Waals surface area contributed by atoms with Crippen LogP contribution in [-0.4, -0.2) is 82.9 Å². The molecule has 0 aromatic rings. The Balaban J connectivity index is 0.000000320. The molecule has 0 saturated carbocycles. The fraction of sp³-hybridized carbons (Fsp3) is 0.636. The molecule has 260 valence electrons. The molecule has 4 rings (SSSR count). The number of carbonyl (C=O) groups is 6. The van der Waals surface area contributed by atoms with Crippen LogP contribution in [0.5, 0.6) is 0 Å². The zero-order valence-corrected chi connectivity index (χ0v) is 28.9. The number of allylic oxidation sites excluding steroid dienone is 4. The van der Waals surface area contributed by atoms with Gasteiger partial charge < -0.3 is 20.1 Å². The quantitative estimate of drug-likeness (QED) is 0.151. The zero-order chi connectivity index (χ0) is 34.4. The van der Waals surface area contributed by atoms with Gasteiger partial charge in [0, 0.05) is 25.9 Å². The standard InChI is InChI=1S/2C16H22N2O4S.CH4/c2*1-10(2)9-22-12(19)8-16(11-6-4-5-7-11)13(20)17-15(23)18(3)14(16)21;/h2*4,6,10-11H,5,7-9H2,1-3H3,(H,17,20,23);1H4. The summed E-state index contributed by atoms with van der Waals surface area (Å²) >= 11 is 10.00. The summed E-state index contributed by atoms with van der Waals surface area (Å²) in [6.45, 7) is 8.22. The van der Waals surface area contributed by atoms with Crippen LogP contribution in [0.25, 0.3) is 0 Å². The Morgan fingerprint density at radius 2 is 1.11 bits per heavy atom. The lowest BCUT2D eigenvalue weighted by molar-refractivity contribution is -0.162. The topological polar surface area (TPSA) is 151 Å². The van der Waals surface area contributed by atoms with E-state index in [1.54, 1.807) is 0 Å². The first kappa shape index (κ1) is 39.7. The van der Waals surface area contributed by atoms with E-state index in [1.165, 1.54) is 23.9 Å². The summed E-state index contributed by atoms with van der Waals surface area (Å²) in [4.78, 5) is 78.0. The second kappa shape index (κ2) is 16.5. The van der Waals surface area contributed by atoms with Crippen molar-refractivity contribution in [2.45, 2.75) is 73.6 Å². The van der Waals surface area contributed by atoms with E-state index in [4.69, 9.17) is 33.9 Å². The molecule has 0 spiro atoms. The number of nitrogens with one attached hydrogen (secondary N) is 2. The van der Waals surface area contributed by atoms with Gasteiger partial charge in [-0.2, -0.15) is 0 Å². The molecule has 2 N–H and O–H groups in total. The molecule has 0 bridgehead atoms. The van der Waals surface area contributed by atoms with Crippen LogP contribution in [0, 0.1) is 34.5 Å². The van der Waals surface area contributed by atoms with Crippen LogP contribution in [0.3, 0.4) is 0 Å². The molecule has 4 unspecified atom stereocenters. The van der Waals surface area contributed by atoms with Crippen molar-refractivity contribution in [2.75, 3.05) is 27.3 Å². The summed E-state index contributed by atoms with van der Waals surface area (Å²) in [5, 5.41) is 5.23. The molecule has 2 fully saturated rings. The van der Waals surface area contributed by atoms with Crippen LogP contribution in [0.2, 0.25) is 0 Å². The number of thiocarbonyl (C=S) groups is 2. The van der Waals surface area contributed by atoms with Crippen LogP contribution >= 0.6 is 24.4 Å². The molecule has 4 aliphatic rings. The van der Waals surface area contributed by atoms with Crippen molar-refractivity contribution in [1.29, 1.82) is 0 Å². The van der Waals surface area contributed by atoms with Crippen LogP contribution in [0.1, 0.15) is 73.6 Å². The maximum atomic E-state index is 12.9. The van der Waals surface area contributed by atoms with Gasteiger partial charge in [-0.25, -0.2) is 0 Å². The van der Waals surface area contributed by atoms with Crippen molar-refractivity contribution in [2.24, 2.45) is 34.5 Å². The van der Waals surface area contributed by atoms with Crippen LogP contribution in [0.15, 0.2) is 24.3 Å². The van der Waals surface area contributed by atoms with Crippen molar-refractivity contribution < 1.29 is 38.2 Å². The van der Waals surface area contributed by atoms with E-state index in [0.29, 0.717) is 12.8 Å². The smallest absolute Gasteiger partial charge is 0.307 e. The maximum absolute atomic E-state index is 12.9. The predicted molar refractivity (Wildman–Crippen MR) is 183 cm³/mol. The monoisotopic (exact) mass is 692 g/mol. The summed E-state index contributed by atoms with van der Waals surface area (Å²) in [5.41, 5.74) is -2.95. The molecular weight excluding hydrogens is 645 g/mol. The second-order valence-corrected chi connectivity index (χ2v) is 13.7. The van der Waals surface area contributed by atoms with E-state index in [-0.39, 0.29) is 67.4 Å². The summed E-state index contributed by atoms with van der Waals surface area (Å²) in [6.07, 6.45) is 9.86. The van der Waals surface area contributed by atoms with Crippen molar-refractivity contribution in [3.8, 4) is 0 Å². The Labute approximate surface area is 288 Å². The fourth-order valence-corrected chi connectivity index (χ4v) is 6.30. The molecule has 4 amide bonds. The van der Waals surface area contributed by atoms with Crippen LogP contribution in [-0.2, 0) is 38.2 Å². The lowest BCUT2D eigenvalue weighted by atomic mass is 9.69. The van der Waals surface area contributed by atoms with E-state index in [0.717, 1.165) is 12.8 Å². The maximum Gasteiger partial charge on any atom is 0.307 e. The van der Waals surface area contributed by atoms with E-state index in [1.807, 2.05) is 52.0 Å². The number of nitrogens with zero attached hydrogens (tertiary/aromatic N) is 2. The van der Waals surface area contributed by atoms with E-state index in [2.05, 4.69) is 10.6 Å². The lowest BCUT2D eigenvalue weighted by Gasteiger charge is -2.41. The molecule has 12 nitrogen and oxygen atoms in total. The number of ether oxygens (including phenoxy) is 2. The molecule has 4 atom stereocenters. The molecule has 0 aromatic heterocycles. The summed E-state index contributed by atoms with van der Waals surface area (Å²) in [5.74, 6) is -3.26. The first-order valence-electron chi connectivity index (χ1n) is 15.5. The number of hydrogen-bond donors (Lipinski definition) is 2. The minimum absolute atomic E-state index is 0. The molecule has 0 aromatic carbocycles. The van der Waals surface area contributed by atoms with Gasteiger partial charge in [-0.3, -0.25) is 38.6 Å². The van der Waals surface area contributed by atoms with Crippen LogP contribution in [0.4, 0.5) is 0 Å². The molecule has 47 heavy (non-hydrogen) atoms. The third-order valence-electron chi connectivity index (χ3n) is 8.53. The molecule has 2 aliphatic heterocycles. The minimum Gasteiger partial charge on any atom is -0.465 e. The normalized spacial score (nSPS) is 27.0. The first-order valence-corrected chi connectivity index (χ1v) is 16.3. The van der Waals surface area contributed by atoms with Gasteiger partial charge in [0.1, 0.15) is 10.8 Å². The Kier molecular flexibility index (Phi) is 14.0. The first-order chi connectivity index (χ1) is 21.6. The molecule has 14 heteroatoms.